The summed E-state index contributed by atoms with van der Waals surface area (Å²) in [6, 6.07) is 16.4. The Morgan fingerprint density at radius 1 is 1.08 bits per heavy atom. The smallest absolute Gasteiger partial charge is 0.269 e. The Hall–Kier alpha value is -3.54. The minimum absolute atomic E-state index is 0.301. The SMILES string of the molecule is COc1c(OCc2ccccc2)cn2c(=O)c3ccccc3[n+]([O-])cc12. The van der Waals surface area contributed by atoms with Crippen molar-refractivity contribution < 1.29 is 14.2 Å². The number of ether oxygens (including phenoxy) is 2. The predicted molar refractivity (Wildman–Crippen MR) is 97.5 cm³/mol. The fourth-order valence-corrected chi connectivity index (χ4v) is 2.97. The van der Waals surface area contributed by atoms with Gasteiger partial charge in [0.2, 0.25) is 11.7 Å². The summed E-state index contributed by atoms with van der Waals surface area (Å²) in [6.45, 7) is 0.326. The molecule has 0 amide bonds. The molecule has 26 heavy (non-hydrogen) atoms. The molecule has 2 aromatic heterocycles. The fraction of sp³-hybridized carbons (Fsp3) is 0.100. The monoisotopic (exact) mass is 348 g/mol. The van der Waals surface area contributed by atoms with Gasteiger partial charge in [-0.25, -0.2) is 0 Å². The molecule has 0 unspecified atom stereocenters. The Labute approximate surface area is 149 Å². The van der Waals surface area contributed by atoms with Crippen molar-refractivity contribution in [1.82, 2.24) is 4.40 Å². The molecule has 0 atom stereocenters. The number of hydrogen-bond donors (Lipinski definition) is 0. The number of aromatic nitrogens is 2. The van der Waals surface area contributed by atoms with Crippen LogP contribution in [0.25, 0.3) is 16.4 Å². The van der Waals surface area contributed by atoms with Crippen LogP contribution in [0, 0.1) is 5.21 Å². The number of nitrogens with zero attached hydrogens (tertiary/aromatic N) is 2. The maximum absolute atomic E-state index is 12.9. The van der Waals surface area contributed by atoms with Crippen LogP contribution in [0.1, 0.15) is 5.56 Å². The highest BCUT2D eigenvalue weighted by molar-refractivity contribution is 5.76. The molecule has 4 aromatic rings. The number of hydrogen-bond acceptors (Lipinski definition) is 4. The average molecular weight is 348 g/mol. The molecule has 2 heterocycles. The van der Waals surface area contributed by atoms with Crippen LogP contribution in [0.3, 0.4) is 0 Å². The molecule has 0 spiro atoms. The second kappa shape index (κ2) is 6.40. The van der Waals surface area contributed by atoms with Gasteiger partial charge in [-0.2, -0.15) is 4.73 Å². The summed E-state index contributed by atoms with van der Waals surface area (Å²) in [4.78, 5) is 12.9. The highest BCUT2D eigenvalue weighted by Crippen LogP contribution is 2.33. The first-order valence-electron chi connectivity index (χ1n) is 8.10. The van der Waals surface area contributed by atoms with E-state index in [2.05, 4.69) is 0 Å². The van der Waals surface area contributed by atoms with Gasteiger partial charge in [0.05, 0.1) is 13.3 Å². The summed E-state index contributed by atoms with van der Waals surface area (Å²) in [7, 11) is 1.48. The van der Waals surface area contributed by atoms with Gasteiger partial charge in [-0.05, 0) is 11.6 Å². The predicted octanol–water partition coefficient (Wildman–Crippen LogP) is 2.67. The molecule has 0 bridgehead atoms. The van der Waals surface area contributed by atoms with Crippen LogP contribution in [0.5, 0.6) is 11.5 Å². The normalized spacial score (nSPS) is 11.0. The number of para-hydroxylation sites is 1. The summed E-state index contributed by atoms with van der Waals surface area (Å²) in [6.07, 6.45) is 2.89. The van der Waals surface area contributed by atoms with Gasteiger partial charge in [-0.3, -0.25) is 9.20 Å². The Bertz CT molecular complexity index is 1150. The van der Waals surface area contributed by atoms with Crippen LogP contribution >= 0.6 is 0 Å². The molecule has 4 rings (SSSR count). The van der Waals surface area contributed by atoms with Crippen molar-refractivity contribution in [2.75, 3.05) is 7.11 Å². The third-order valence-electron chi connectivity index (χ3n) is 4.23. The molecule has 0 saturated heterocycles. The van der Waals surface area contributed by atoms with Gasteiger partial charge < -0.3 is 14.7 Å². The van der Waals surface area contributed by atoms with Crippen LogP contribution < -0.4 is 19.8 Å². The molecule has 130 valence electrons. The quantitative estimate of drug-likeness (QED) is 0.420. The third kappa shape index (κ3) is 2.61. The molecule has 0 aliphatic rings. The topological polar surface area (TPSA) is 66.9 Å². The maximum atomic E-state index is 12.9. The molecule has 2 aromatic carbocycles. The Balaban J connectivity index is 1.89. The lowest BCUT2D eigenvalue weighted by Crippen LogP contribution is -2.24. The summed E-state index contributed by atoms with van der Waals surface area (Å²) in [5.74, 6) is 0.756. The Morgan fingerprint density at radius 2 is 1.81 bits per heavy atom. The van der Waals surface area contributed by atoms with Gasteiger partial charge in [0, 0.05) is 6.07 Å². The lowest BCUT2D eigenvalue weighted by atomic mass is 10.2. The molecular formula is C20H16N2O4. The van der Waals surface area contributed by atoms with Crippen LogP contribution in [0.15, 0.2) is 71.8 Å². The molecule has 0 saturated carbocycles. The zero-order valence-electron chi connectivity index (χ0n) is 14.1. The van der Waals surface area contributed by atoms with Crippen molar-refractivity contribution in [1.29, 1.82) is 0 Å². The number of benzene rings is 2. The van der Waals surface area contributed by atoms with E-state index < -0.39 is 0 Å². The molecule has 0 aliphatic heterocycles. The van der Waals surface area contributed by atoms with Crippen molar-refractivity contribution in [3.63, 3.8) is 0 Å². The average Bonchev–Trinajstić information content (AvgIpc) is 2.99. The molecule has 6 heteroatoms. The van der Waals surface area contributed by atoms with Crippen LogP contribution in [0.4, 0.5) is 0 Å². The van der Waals surface area contributed by atoms with Crippen LogP contribution in [-0.2, 0) is 6.61 Å². The Kier molecular flexibility index (Phi) is 3.93. The van der Waals surface area contributed by atoms with E-state index in [1.807, 2.05) is 30.3 Å². The molecule has 0 radical (unpaired) electrons. The fourth-order valence-electron chi connectivity index (χ4n) is 2.97. The van der Waals surface area contributed by atoms with Gasteiger partial charge >= 0.3 is 0 Å². The molecular weight excluding hydrogens is 332 g/mol. The number of rotatable bonds is 4. The minimum atomic E-state index is -0.307. The van der Waals surface area contributed by atoms with Crippen molar-refractivity contribution in [3.05, 3.63) is 88.1 Å². The number of fused-ring (bicyclic) bond motifs is 2. The van der Waals surface area contributed by atoms with Gasteiger partial charge in [0.1, 0.15) is 12.0 Å². The zero-order chi connectivity index (χ0) is 18.1. The van der Waals surface area contributed by atoms with Crippen molar-refractivity contribution >= 4 is 16.4 Å². The second-order valence-electron chi connectivity index (χ2n) is 5.83. The summed E-state index contributed by atoms with van der Waals surface area (Å²) >= 11 is 0. The first kappa shape index (κ1) is 16.0. The minimum Gasteiger partial charge on any atom is -0.618 e. The van der Waals surface area contributed by atoms with Crippen molar-refractivity contribution in [2.45, 2.75) is 6.61 Å². The van der Waals surface area contributed by atoms with E-state index >= 15 is 0 Å². The third-order valence-corrected chi connectivity index (χ3v) is 4.23. The second-order valence-corrected chi connectivity index (χ2v) is 5.83. The van der Waals surface area contributed by atoms with Gasteiger partial charge in [0.25, 0.3) is 5.56 Å². The highest BCUT2D eigenvalue weighted by Gasteiger charge is 2.18. The van der Waals surface area contributed by atoms with E-state index in [4.69, 9.17) is 9.47 Å². The van der Waals surface area contributed by atoms with E-state index in [1.165, 1.54) is 17.7 Å². The Morgan fingerprint density at radius 3 is 2.58 bits per heavy atom. The van der Waals surface area contributed by atoms with Crippen LogP contribution in [-0.4, -0.2) is 11.5 Å². The molecule has 0 N–H and O–H groups in total. The van der Waals surface area contributed by atoms with Crippen LogP contribution in [0.2, 0.25) is 0 Å². The zero-order valence-corrected chi connectivity index (χ0v) is 14.1. The summed E-state index contributed by atoms with van der Waals surface area (Å²) in [5.41, 5.74) is 1.34. The largest absolute Gasteiger partial charge is 0.618 e. The van der Waals surface area contributed by atoms with Gasteiger partial charge in [-0.1, -0.05) is 42.5 Å². The van der Waals surface area contributed by atoms with Gasteiger partial charge in [0.15, 0.2) is 17.0 Å². The van der Waals surface area contributed by atoms with E-state index in [0.717, 1.165) is 5.56 Å². The molecule has 0 fully saturated rings. The molecule has 6 nitrogen and oxygen atoms in total. The van der Waals surface area contributed by atoms with E-state index in [-0.39, 0.29) is 5.56 Å². The lowest BCUT2D eigenvalue weighted by molar-refractivity contribution is -0.575. The molecule has 0 aliphatic carbocycles. The van der Waals surface area contributed by atoms with Gasteiger partial charge in [-0.15, -0.1) is 0 Å². The van der Waals surface area contributed by atoms with E-state index in [0.29, 0.717) is 39.3 Å². The highest BCUT2D eigenvalue weighted by atomic mass is 16.5. The first-order chi connectivity index (χ1) is 12.7. The lowest BCUT2D eigenvalue weighted by Gasteiger charge is -2.06. The van der Waals surface area contributed by atoms with Crippen molar-refractivity contribution in [2.24, 2.45) is 0 Å². The summed E-state index contributed by atoms with van der Waals surface area (Å²) < 4.78 is 13.3. The maximum Gasteiger partial charge on any atom is 0.269 e. The number of methoxy groups -OCH3 is 1. The first-order valence-corrected chi connectivity index (χ1v) is 8.10. The van der Waals surface area contributed by atoms with Crippen molar-refractivity contribution in [3.8, 4) is 11.5 Å². The van der Waals surface area contributed by atoms with E-state index in [1.54, 1.807) is 30.5 Å². The standard InChI is InChI=1S/C20H16N2O4/c1-25-19-17-11-22(24)16-10-6-5-9-15(16)20(23)21(17)12-18(19)26-13-14-7-3-2-4-8-14/h2-12H,13H2,1H3. The van der Waals surface area contributed by atoms with E-state index in [9.17, 15) is 10.0 Å². The summed E-state index contributed by atoms with van der Waals surface area (Å²) in [5, 5.41) is 12.8.